The highest BCUT2D eigenvalue weighted by atomic mass is 14.7. The third-order valence-corrected chi connectivity index (χ3v) is 2.11. The minimum Gasteiger partial charge on any atom is -0.384 e. The van der Waals surface area contributed by atoms with Crippen molar-refractivity contribution >= 4 is 11.9 Å². The fourth-order valence-electron chi connectivity index (χ4n) is 1.44. The van der Waals surface area contributed by atoms with E-state index in [1.165, 1.54) is 0 Å². The van der Waals surface area contributed by atoms with Crippen LogP contribution in [0.4, 0.5) is 0 Å². The number of amidine groups is 1. The van der Waals surface area contributed by atoms with Gasteiger partial charge in [-0.1, -0.05) is 44.2 Å². The van der Waals surface area contributed by atoms with Crippen LogP contribution in [0, 0.1) is 11.3 Å². The third kappa shape index (κ3) is 3.98. The van der Waals surface area contributed by atoms with Crippen molar-refractivity contribution in [1.82, 2.24) is 0 Å². The van der Waals surface area contributed by atoms with Crippen molar-refractivity contribution in [3.8, 4) is 0 Å². The summed E-state index contributed by atoms with van der Waals surface area (Å²) < 4.78 is 0. The summed E-state index contributed by atoms with van der Waals surface area (Å²) in [6.07, 6.45) is 2.84. The summed E-state index contributed by atoms with van der Waals surface area (Å²) in [5, 5.41) is 7.50. The second-order valence-corrected chi connectivity index (χ2v) is 4.09. The van der Waals surface area contributed by atoms with Gasteiger partial charge in [-0.05, 0) is 29.6 Å². The summed E-state index contributed by atoms with van der Waals surface area (Å²) in [7, 11) is 0. The Hall–Kier alpha value is -1.57. The van der Waals surface area contributed by atoms with Crippen LogP contribution in [-0.2, 0) is 0 Å². The fourth-order valence-corrected chi connectivity index (χ4v) is 1.44. The van der Waals surface area contributed by atoms with E-state index in [9.17, 15) is 0 Å². The normalized spacial score (nSPS) is 11.8. The molecule has 0 aliphatic rings. The molecule has 0 aliphatic carbocycles. The Kier molecular flexibility index (Phi) is 4.10. The van der Waals surface area contributed by atoms with Crippen LogP contribution in [0.15, 0.2) is 35.9 Å². The molecule has 80 valence electrons. The van der Waals surface area contributed by atoms with E-state index in [0.29, 0.717) is 5.92 Å². The minimum atomic E-state index is 0.174. The maximum absolute atomic E-state index is 7.50. The summed E-state index contributed by atoms with van der Waals surface area (Å²) in [6, 6.07) is 9.98. The lowest BCUT2D eigenvalue weighted by Crippen LogP contribution is -2.14. The Bertz CT molecular complexity index is 350. The first-order valence-electron chi connectivity index (χ1n) is 5.19. The summed E-state index contributed by atoms with van der Waals surface area (Å²) in [5.74, 6) is 0.691. The molecule has 0 heterocycles. The first kappa shape index (κ1) is 11.5. The Labute approximate surface area is 91.3 Å². The van der Waals surface area contributed by atoms with E-state index in [2.05, 4.69) is 13.8 Å². The van der Waals surface area contributed by atoms with Crippen LogP contribution in [-0.4, -0.2) is 5.84 Å². The Balaban J connectivity index is 2.89. The zero-order chi connectivity index (χ0) is 11.3. The van der Waals surface area contributed by atoms with Crippen LogP contribution in [0.1, 0.15) is 25.8 Å². The number of nitrogens with one attached hydrogen (secondary N) is 1. The topological polar surface area (TPSA) is 49.9 Å². The summed E-state index contributed by atoms with van der Waals surface area (Å²) in [4.78, 5) is 0. The molecule has 1 rings (SSSR count). The quantitative estimate of drug-likeness (QED) is 0.572. The molecule has 2 heteroatoms. The second kappa shape index (κ2) is 5.35. The van der Waals surface area contributed by atoms with Gasteiger partial charge in [0.15, 0.2) is 0 Å². The molecule has 0 saturated carbocycles. The molecule has 0 saturated heterocycles. The van der Waals surface area contributed by atoms with Crippen molar-refractivity contribution < 1.29 is 0 Å². The van der Waals surface area contributed by atoms with Gasteiger partial charge in [-0.15, -0.1) is 0 Å². The van der Waals surface area contributed by atoms with E-state index >= 15 is 0 Å². The smallest absolute Gasteiger partial charge is 0.118 e. The standard InChI is InChI=1S/C13H18N2/c1-10(2)8-12(13(14)15)9-11-6-4-3-5-7-11/h3-7,9-10H,8H2,1-2H3,(H3,14,15)/b12-9-. The van der Waals surface area contributed by atoms with Crippen molar-refractivity contribution in [3.63, 3.8) is 0 Å². The molecule has 15 heavy (non-hydrogen) atoms. The van der Waals surface area contributed by atoms with E-state index in [0.717, 1.165) is 17.6 Å². The van der Waals surface area contributed by atoms with E-state index < -0.39 is 0 Å². The highest BCUT2D eigenvalue weighted by Gasteiger charge is 2.04. The maximum Gasteiger partial charge on any atom is 0.118 e. The first-order valence-corrected chi connectivity index (χ1v) is 5.19. The van der Waals surface area contributed by atoms with Crippen LogP contribution in [0.3, 0.4) is 0 Å². The monoisotopic (exact) mass is 202 g/mol. The molecule has 0 atom stereocenters. The summed E-state index contributed by atoms with van der Waals surface area (Å²) in [6.45, 7) is 4.25. The average Bonchev–Trinajstić information content (AvgIpc) is 2.17. The minimum absolute atomic E-state index is 0.174. The van der Waals surface area contributed by atoms with Gasteiger partial charge in [0.05, 0.1) is 0 Å². The molecule has 0 fully saturated rings. The molecular weight excluding hydrogens is 184 g/mol. The Morgan fingerprint density at radius 2 is 1.93 bits per heavy atom. The Morgan fingerprint density at radius 1 is 1.33 bits per heavy atom. The van der Waals surface area contributed by atoms with Crippen molar-refractivity contribution in [3.05, 3.63) is 41.5 Å². The molecule has 0 amide bonds. The van der Waals surface area contributed by atoms with Gasteiger partial charge in [0, 0.05) is 0 Å². The van der Waals surface area contributed by atoms with Gasteiger partial charge in [-0.3, -0.25) is 5.41 Å². The average molecular weight is 202 g/mol. The molecule has 0 aromatic heterocycles. The zero-order valence-electron chi connectivity index (χ0n) is 9.33. The second-order valence-electron chi connectivity index (χ2n) is 4.09. The summed E-state index contributed by atoms with van der Waals surface area (Å²) in [5.41, 5.74) is 7.56. The molecule has 0 radical (unpaired) electrons. The maximum atomic E-state index is 7.50. The van der Waals surface area contributed by atoms with Gasteiger partial charge in [-0.2, -0.15) is 0 Å². The van der Waals surface area contributed by atoms with Crippen LogP contribution >= 0.6 is 0 Å². The van der Waals surface area contributed by atoms with Crippen molar-refractivity contribution in [2.24, 2.45) is 11.7 Å². The number of rotatable bonds is 4. The van der Waals surface area contributed by atoms with Crippen LogP contribution in [0.5, 0.6) is 0 Å². The molecule has 3 N–H and O–H groups in total. The number of benzene rings is 1. The lowest BCUT2D eigenvalue weighted by Gasteiger charge is -2.08. The first-order chi connectivity index (χ1) is 7.09. The van der Waals surface area contributed by atoms with Crippen LogP contribution in [0.25, 0.3) is 6.08 Å². The largest absolute Gasteiger partial charge is 0.384 e. The molecular formula is C13H18N2. The Morgan fingerprint density at radius 3 is 2.40 bits per heavy atom. The predicted octanol–water partition coefficient (Wildman–Crippen LogP) is 3.05. The molecule has 0 unspecified atom stereocenters. The lowest BCUT2D eigenvalue weighted by molar-refractivity contribution is 0.655. The van der Waals surface area contributed by atoms with Crippen molar-refractivity contribution in [1.29, 1.82) is 5.41 Å². The highest BCUT2D eigenvalue weighted by Crippen LogP contribution is 2.14. The van der Waals surface area contributed by atoms with E-state index in [1.54, 1.807) is 0 Å². The van der Waals surface area contributed by atoms with Crippen LogP contribution < -0.4 is 5.73 Å². The van der Waals surface area contributed by atoms with Gasteiger partial charge in [0.25, 0.3) is 0 Å². The molecule has 0 spiro atoms. The SMILES string of the molecule is CC(C)C/C(=C/c1ccccc1)C(=N)N. The van der Waals surface area contributed by atoms with Crippen LogP contribution in [0.2, 0.25) is 0 Å². The molecule has 0 aliphatic heterocycles. The molecule has 1 aromatic rings. The number of nitrogens with two attached hydrogens (primary N) is 1. The van der Waals surface area contributed by atoms with E-state index in [1.807, 2.05) is 36.4 Å². The number of hydrogen-bond acceptors (Lipinski definition) is 1. The van der Waals surface area contributed by atoms with Gasteiger partial charge in [0.1, 0.15) is 5.84 Å². The zero-order valence-corrected chi connectivity index (χ0v) is 9.33. The third-order valence-electron chi connectivity index (χ3n) is 2.11. The highest BCUT2D eigenvalue weighted by molar-refractivity contribution is 5.98. The predicted molar refractivity (Wildman–Crippen MR) is 65.8 cm³/mol. The summed E-state index contributed by atoms with van der Waals surface area (Å²) >= 11 is 0. The van der Waals surface area contributed by atoms with Gasteiger partial charge in [0.2, 0.25) is 0 Å². The van der Waals surface area contributed by atoms with Gasteiger partial charge >= 0.3 is 0 Å². The van der Waals surface area contributed by atoms with E-state index in [4.69, 9.17) is 11.1 Å². The van der Waals surface area contributed by atoms with Gasteiger partial charge < -0.3 is 5.73 Å². The fraction of sp³-hybridized carbons (Fsp3) is 0.308. The molecule has 2 nitrogen and oxygen atoms in total. The van der Waals surface area contributed by atoms with Gasteiger partial charge in [-0.25, -0.2) is 0 Å². The lowest BCUT2D eigenvalue weighted by atomic mass is 10.00. The number of hydrogen-bond donors (Lipinski definition) is 2. The molecule has 0 bridgehead atoms. The van der Waals surface area contributed by atoms with E-state index in [-0.39, 0.29) is 5.84 Å². The van der Waals surface area contributed by atoms with Crippen molar-refractivity contribution in [2.45, 2.75) is 20.3 Å². The van der Waals surface area contributed by atoms with Crippen molar-refractivity contribution in [2.75, 3.05) is 0 Å². The molecule has 1 aromatic carbocycles.